The van der Waals surface area contributed by atoms with E-state index in [0.717, 1.165) is 5.56 Å². The molecule has 1 N–H and O–H groups in total. The van der Waals surface area contributed by atoms with Crippen LogP contribution in [0.25, 0.3) is 0 Å². The van der Waals surface area contributed by atoms with Gasteiger partial charge in [-0.05, 0) is 48.9 Å². The fourth-order valence-electron chi connectivity index (χ4n) is 2.04. The number of amides is 1. The van der Waals surface area contributed by atoms with Crippen molar-refractivity contribution in [1.29, 1.82) is 0 Å². The number of hydrogen-bond acceptors (Lipinski definition) is 5. The third-order valence-corrected chi connectivity index (χ3v) is 3.28. The van der Waals surface area contributed by atoms with Crippen LogP contribution >= 0.6 is 0 Å². The molecule has 6 heteroatoms. The van der Waals surface area contributed by atoms with E-state index in [9.17, 15) is 9.59 Å². The number of benzene rings is 2. The molecule has 2 rings (SSSR count). The number of esters is 1. The van der Waals surface area contributed by atoms with Crippen molar-refractivity contribution in [2.24, 2.45) is 0 Å². The molecule has 0 radical (unpaired) electrons. The van der Waals surface area contributed by atoms with Gasteiger partial charge in [-0.15, -0.1) is 0 Å². The van der Waals surface area contributed by atoms with Crippen molar-refractivity contribution in [2.45, 2.75) is 6.92 Å². The van der Waals surface area contributed by atoms with Gasteiger partial charge in [-0.2, -0.15) is 0 Å². The summed E-state index contributed by atoms with van der Waals surface area (Å²) in [6.07, 6.45) is 0. The van der Waals surface area contributed by atoms with Gasteiger partial charge in [-0.25, -0.2) is 4.79 Å². The molecule has 0 heterocycles. The molecular formula is C19H21NO5. The average Bonchev–Trinajstić information content (AvgIpc) is 2.61. The minimum atomic E-state index is -0.433. The summed E-state index contributed by atoms with van der Waals surface area (Å²) < 4.78 is 15.3. The lowest BCUT2D eigenvalue weighted by molar-refractivity contribution is -0.118. The predicted molar refractivity (Wildman–Crippen MR) is 93.9 cm³/mol. The maximum absolute atomic E-state index is 11.9. The minimum absolute atomic E-state index is 0.0930. The number of methoxy groups -OCH3 is 1. The number of carbonyl (C=O) groups is 2. The molecule has 0 aromatic heterocycles. The molecule has 0 aliphatic heterocycles. The lowest BCUT2D eigenvalue weighted by Gasteiger charge is -2.09. The Hall–Kier alpha value is -2.86. The van der Waals surface area contributed by atoms with E-state index in [1.807, 2.05) is 25.1 Å². The molecule has 0 bridgehead atoms. The number of nitrogens with one attached hydrogen (secondary N) is 1. The lowest BCUT2D eigenvalue weighted by Crippen LogP contribution is -2.20. The van der Waals surface area contributed by atoms with Gasteiger partial charge in [0.15, 0.2) is 6.61 Å². The topological polar surface area (TPSA) is 73.9 Å². The van der Waals surface area contributed by atoms with E-state index in [-0.39, 0.29) is 19.1 Å². The third kappa shape index (κ3) is 6.27. The molecule has 0 spiro atoms. The summed E-state index contributed by atoms with van der Waals surface area (Å²) in [4.78, 5) is 23.7. The summed E-state index contributed by atoms with van der Waals surface area (Å²) in [5.41, 5.74) is 2.04. The van der Waals surface area contributed by atoms with Crippen molar-refractivity contribution < 1.29 is 23.8 Å². The van der Waals surface area contributed by atoms with Crippen molar-refractivity contribution in [1.82, 2.24) is 0 Å². The van der Waals surface area contributed by atoms with Crippen LogP contribution in [0.3, 0.4) is 0 Å². The number of anilines is 1. The van der Waals surface area contributed by atoms with Crippen molar-refractivity contribution in [3.05, 3.63) is 59.7 Å². The summed E-state index contributed by atoms with van der Waals surface area (Å²) >= 11 is 0. The lowest BCUT2D eigenvalue weighted by atomic mass is 10.2. The Kier molecular flexibility index (Phi) is 6.98. The van der Waals surface area contributed by atoms with Gasteiger partial charge in [0.2, 0.25) is 0 Å². The van der Waals surface area contributed by atoms with Crippen LogP contribution in [0.5, 0.6) is 5.75 Å². The first kappa shape index (κ1) is 18.5. The second kappa shape index (κ2) is 9.44. The minimum Gasteiger partial charge on any atom is -0.484 e. The predicted octanol–water partition coefficient (Wildman–Crippen LogP) is 2.82. The summed E-state index contributed by atoms with van der Waals surface area (Å²) in [5, 5.41) is 2.71. The largest absolute Gasteiger partial charge is 0.484 e. The monoisotopic (exact) mass is 343 g/mol. The number of rotatable bonds is 8. The molecule has 6 nitrogen and oxygen atoms in total. The first-order chi connectivity index (χ1) is 12.1. The molecule has 2 aromatic carbocycles. The summed E-state index contributed by atoms with van der Waals surface area (Å²) in [5.74, 6) is -0.0704. The SMILES string of the molecule is COCCOC(=O)c1ccc(NC(=O)COc2cccc(C)c2)cc1. The van der Waals surface area contributed by atoms with Gasteiger partial charge in [0.25, 0.3) is 5.91 Å². The van der Waals surface area contributed by atoms with Gasteiger partial charge in [-0.1, -0.05) is 12.1 Å². The average molecular weight is 343 g/mol. The van der Waals surface area contributed by atoms with E-state index in [0.29, 0.717) is 23.6 Å². The van der Waals surface area contributed by atoms with Gasteiger partial charge in [-0.3, -0.25) is 4.79 Å². The Morgan fingerprint density at radius 3 is 2.48 bits per heavy atom. The van der Waals surface area contributed by atoms with E-state index in [2.05, 4.69) is 5.32 Å². The van der Waals surface area contributed by atoms with Gasteiger partial charge >= 0.3 is 5.97 Å². The fourth-order valence-corrected chi connectivity index (χ4v) is 2.04. The van der Waals surface area contributed by atoms with E-state index in [1.54, 1.807) is 30.3 Å². The maximum Gasteiger partial charge on any atom is 0.338 e. The first-order valence-electron chi connectivity index (χ1n) is 7.84. The number of hydrogen-bond donors (Lipinski definition) is 1. The number of ether oxygens (including phenoxy) is 3. The van der Waals surface area contributed by atoms with E-state index in [4.69, 9.17) is 14.2 Å². The molecular weight excluding hydrogens is 322 g/mol. The van der Waals surface area contributed by atoms with Crippen LogP contribution in [0.1, 0.15) is 15.9 Å². The second-order valence-corrected chi connectivity index (χ2v) is 5.36. The van der Waals surface area contributed by atoms with E-state index >= 15 is 0 Å². The highest BCUT2D eigenvalue weighted by Crippen LogP contribution is 2.13. The maximum atomic E-state index is 11.9. The Bertz CT molecular complexity index is 712. The molecule has 2 aromatic rings. The van der Waals surface area contributed by atoms with Crippen molar-refractivity contribution in [3.63, 3.8) is 0 Å². The molecule has 0 fully saturated rings. The molecule has 0 saturated heterocycles. The summed E-state index contributed by atoms with van der Waals surface area (Å²) in [6.45, 7) is 2.41. The number of carbonyl (C=O) groups excluding carboxylic acids is 2. The van der Waals surface area contributed by atoms with Gasteiger partial charge in [0, 0.05) is 12.8 Å². The second-order valence-electron chi connectivity index (χ2n) is 5.36. The van der Waals surface area contributed by atoms with Crippen LogP contribution in [0, 0.1) is 6.92 Å². The Labute approximate surface area is 146 Å². The quantitative estimate of drug-likeness (QED) is 0.589. The molecule has 0 aliphatic carbocycles. The highest BCUT2D eigenvalue weighted by Gasteiger charge is 2.08. The van der Waals surface area contributed by atoms with Crippen LogP contribution in [-0.2, 0) is 14.3 Å². The summed E-state index contributed by atoms with van der Waals surface area (Å²) in [6, 6.07) is 13.9. The number of aryl methyl sites for hydroxylation is 1. The summed E-state index contributed by atoms with van der Waals surface area (Å²) in [7, 11) is 1.54. The van der Waals surface area contributed by atoms with E-state index in [1.165, 1.54) is 7.11 Å². The normalized spacial score (nSPS) is 10.2. The van der Waals surface area contributed by atoms with Gasteiger partial charge in [0.05, 0.1) is 12.2 Å². The Morgan fingerprint density at radius 2 is 1.80 bits per heavy atom. The zero-order valence-corrected chi connectivity index (χ0v) is 14.3. The first-order valence-corrected chi connectivity index (χ1v) is 7.84. The molecule has 1 amide bonds. The van der Waals surface area contributed by atoms with Crippen LogP contribution in [0.2, 0.25) is 0 Å². The van der Waals surface area contributed by atoms with Crippen LogP contribution in [0.4, 0.5) is 5.69 Å². The smallest absolute Gasteiger partial charge is 0.338 e. The fraction of sp³-hybridized carbons (Fsp3) is 0.263. The molecule has 0 unspecified atom stereocenters. The molecule has 132 valence electrons. The van der Waals surface area contributed by atoms with Crippen LogP contribution < -0.4 is 10.1 Å². The standard InChI is InChI=1S/C19H21NO5/c1-14-4-3-5-17(12-14)25-13-18(21)20-16-8-6-15(7-9-16)19(22)24-11-10-23-2/h3-9,12H,10-11,13H2,1-2H3,(H,20,21). The van der Waals surface area contributed by atoms with Gasteiger partial charge in [0.1, 0.15) is 12.4 Å². The molecule has 0 aliphatic rings. The molecule has 0 saturated carbocycles. The zero-order chi connectivity index (χ0) is 18.1. The van der Waals surface area contributed by atoms with E-state index < -0.39 is 5.97 Å². The van der Waals surface area contributed by atoms with Crippen molar-refractivity contribution in [3.8, 4) is 5.75 Å². The Balaban J connectivity index is 1.81. The van der Waals surface area contributed by atoms with Crippen molar-refractivity contribution in [2.75, 3.05) is 32.2 Å². The third-order valence-electron chi connectivity index (χ3n) is 3.28. The zero-order valence-electron chi connectivity index (χ0n) is 14.3. The molecule has 25 heavy (non-hydrogen) atoms. The van der Waals surface area contributed by atoms with Crippen LogP contribution in [0.15, 0.2) is 48.5 Å². The molecule has 0 atom stereocenters. The highest BCUT2D eigenvalue weighted by atomic mass is 16.6. The Morgan fingerprint density at radius 1 is 1.04 bits per heavy atom. The van der Waals surface area contributed by atoms with Crippen LogP contribution in [-0.4, -0.2) is 38.8 Å². The van der Waals surface area contributed by atoms with Gasteiger partial charge < -0.3 is 19.5 Å². The van der Waals surface area contributed by atoms with Crippen molar-refractivity contribution >= 4 is 17.6 Å². The highest BCUT2D eigenvalue weighted by molar-refractivity contribution is 5.93.